The first-order valence-corrected chi connectivity index (χ1v) is 9.43. The molecule has 0 saturated carbocycles. The quantitative estimate of drug-likeness (QED) is 0.771. The van der Waals surface area contributed by atoms with Crippen LogP contribution in [0.2, 0.25) is 0 Å². The van der Waals surface area contributed by atoms with Crippen LogP contribution in [0.1, 0.15) is 29.8 Å². The lowest BCUT2D eigenvalue weighted by molar-refractivity contribution is 0.153. The molecule has 6 heteroatoms. The number of hydrogen-bond donors (Lipinski definition) is 1. The molecule has 4 rings (SSSR count). The van der Waals surface area contributed by atoms with Gasteiger partial charge in [-0.15, -0.1) is 0 Å². The van der Waals surface area contributed by atoms with Gasteiger partial charge in [0, 0.05) is 29.9 Å². The molecule has 0 aliphatic carbocycles. The van der Waals surface area contributed by atoms with E-state index in [1.165, 1.54) is 0 Å². The van der Waals surface area contributed by atoms with Gasteiger partial charge in [-0.1, -0.05) is 12.1 Å². The molecule has 1 aliphatic heterocycles. The minimum Gasteiger partial charge on any atom is -0.497 e. The van der Waals surface area contributed by atoms with E-state index in [9.17, 15) is 5.11 Å². The lowest BCUT2D eigenvalue weighted by atomic mass is 10.1. The Morgan fingerprint density at radius 1 is 1.11 bits per heavy atom. The minimum atomic E-state index is -0.292. The number of piperidine rings is 1. The predicted molar refractivity (Wildman–Crippen MR) is 107 cm³/mol. The molecule has 0 amide bonds. The molecule has 0 radical (unpaired) electrons. The Labute approximate surface area is 159 Å². The van der Waals surface area contributed by atoms with E-state index in [1.54, 1.807) is 7.11 Å². The number of benzene rings is 1. The van der Waals surface area contributed by atoms with E-state index in [0.717, 1.165) is 64.7 Å². The SMILES string of the molecule is COc1ccc(-c2c(C)nn3c(N4CCC[C@@H](O)C4)c(C)c(C)nc23)cc1. The van der Waals surface area contributed by atoms with Crippen molar-refractivity contribution in [2.75, 3.05) is 25.1 Å². The summed E-state index contributed by atoms with van der Waals surface area (Å²) in [5.41, 5.74) is 6.02. The van der Waals surface area contributed by atoms with Crippen molar-refractivity contribution in [3.05, 3.63) is 41.2 Å². The van der Waals surface area contributed by atoms with Gasteiger partial charge in [-0.25, -0.2) is 4.98 Å². The molecule has 1 atom stereocenters. The monoisotopic (exact) mass is 366 g/mol. The molecule has 27 heavy (non-hydrogen) atoms. The van der Waals surface area contributed by atoms with Crippen LogP contribution >= 0.6 is 0 Å². The molecule has 3 heterocycles. The topological polar surface area (TPSA) is 62.9 Å². The Kier molecular flexibility index (Phi) is 4.52. The molecule has 0 bridgehead atoms. The van der Waals surface area contributed by atoms with Crippen molar-refractivity contribution < 1.29 is 9.84 Å². The van der Waals surface area contributed by atoms with E-state index in [2.05, 4.69) is 11.8 Å². The number of aliphatic hydroxyl groups excluding tert-OH is 1. The number of methoxy groups -OCH3 is 1. The fourth-order valence-electron chi connectivity index (χ4n) is 3.94. The van der Waals surface area contributed by atoms with Gasteiger partial charge in [0.2, 0.25) is 0 Å². The largest absolute Gasteiger partial charge is 0.497 e. The molecule has 1 aliphatic rings. The molecule has 1 fully saturated rings. The smallest absolute Gasteiger partial charge is 0.165 e. The number of anilines is 1. The number of fused-ring (bicyclic) bond motifs is 1. The lowest BCUT2D eigenvalue weighted by Gasteiger charge is -2.33. The zero-order valence-electron chi connectivity index (χ0n) is 16.4. The van der Waals surface area contributed by atoms with E-state index in [4.69, 9.17) is 14.8 Å². The molecule has 6 nitrogen and oxygen atoms in total. The summed E-state index contributed by atoms with van der Waals surface area (Å²) in [6.07, 6.45) is 1.55. The molecular formula is C21H26N4O2. The maximum atomic E-state index is 10.2. The number of aryl methyl sites for hydroxylation is 2. The van der Waals surface area contributed by atoms with Crippen molar-refractivity contribution >= 4 is 11.5 Å². The lowest BCUT2D eigenvalue weighted by Crippen LogP contribution is -2.40. The second kappa shape index (κ2) is 6.85. The van der Waals surface area contributed by atoms with Crippen LogP contribution in [0.15, 0.2) is 24.3 Å². The van der Waals surface area contributed by atoms with Crippen molar-refractivity contribution in [1.82, 2.24) is 14.6 Å². The minimum absolute atomic E-state index is 0.292. The van der Waals surface area contributed by atoms with Crippen molar-refractivity contribution in [2.45, 2.75) is 39.7 Å². The summed E-state index contributed by atoms with van der Waals surface area (Å²) in [6.45, 7) is 7.71. The van der Waals surface area contributed by atoms with Crippen LogP contribution in [0.3, 0.4) is 0 Å². The van der Waals surface area contributed by atoms with E-state index in [0.29, 0.717) is 6.54 Å². The number of aromatic nitrogens is 3. The number of nitrogens with zero attached hydrogens (tertiary/aromatic N) is 4. The van der Waals surface area contributed by atoms with Gasteiger partial charge in [-0.2, -0.15) is 9.61 Å². The highest BCUT2D eigenvalue weighted by Gasteiger charge is 2.25. The average molecular weight is 366 g/mol. The Bertz CT molecular complexity index is 978. The van der Waals surface area contributed by atoms with Crippen molar-refractivity contribution in [1.29, 1.82) is 0 Å². The fraction of sp³-hybridized carbons (Fsp3) is 0.429. The van der Waals surface area contributed by atoms with Crippen LogP contribution in [0.25, 0.3) is 16.8 Å². The summed E-state index contributed by atoms with van der Waals surface area (Å²) >= 11 is 0. The number of ether oxygens (including phenoxy) is 1. The normalized spacial score (nSPS) is 17.5. The molecule has 1 N–H and O–H groups in total. The van der Waals surface area contributed by atoms with Gasteiger partial charge in [0.1, 0.15) is 11.6 Å². The third-order valence-electron chi connectivity index (χ3n) is 5.46. The van der Waals surface area contributed by atoms with Crippen LogP contribution in [-0.4, -0.2) is 46.0 Å². The summed E-state index contributed by atoms with van der Waals surface area (Å²) in [5.74, 6) is 1.87. The molecule has 142 valence electrons. The van der Waals surface area contributed by atoms with Crippen LogP contribution in [0, 0.1) is 20.8 Å². The molecule has 0 unspecified atom stereocenters. The van der Waals surface area contributed by atoms with Crippen molar-refractivity contribution in [3.63, 3.8) is 0 Å². The highest BCUT2D eigenvalue weighted by molar-refractivity contribution is 5.81. The summed E-state index contributed by atoms with van der Waals surface area (Å²) in [6, 6.07) is 8.01. The van der Waals surface area contributed by atoms with Gasteiger partial charge in [0.25, 0.3) is 0 Å². The molecule has 1 saturated heterocycles. The van der Waals surface area contributed by atoms with E-state index < -0.39 is 0 Å². The first-order chi connectivity index (χ1) is 13.0. The second-order valence-corrected chi connectivity index (χ2v) is 7.31. The van der Waals surface area contributed by atoms with Crippen LogP contribution in [0.4, 0.5) is 5.82 Å². The number of hydrogen-bond acceptors (Lipinski definition) is 5. The average Bonchev–Trinajstić information content (AvgIpc) is 2.98. The fourth-order valence-corrected chi connectivity index (χ4v) is 3.94. The Morgan fingerprint density at radius 3 is 2.52 bits per heavy atom. The molecule has 2 aromatic heterocycles. The summed E-state index contributed by atoms with van der Waals surface area (Å²) in [4.78, 5) is 7.11. The Hall–Kier alpha value is -2.60. The van der Waals surface area contributed by atoms with Crippen LogP contribution in [-0.2, 0) is 0 Å². The molecular weight excluding hydrogens is 340 g/mol. The zero-order valence-corrected chi connectivity index (χ0v) is 16.4. The van der Waals surface area contributed by atoms with Gasteiger partial charge in [-0.3, -0.25) is 0 Å². The Balaban J connectivity index is 1.91. The maximum absolute atomic E-state index is 10.2. The van der Waals surface area contributed by atoms with Crippen molar-refractivity contribution in [2.24, 2.45) is 0 Å². The zero-order chi connectivity index (χ0) is 19.1. The third-order valence-corrected chi connectivity index (χ3v) is 5.46. The number of β-amino-alcohol motifs (C(OH)–C–C–N with tert-alkyl or cyclic N) is 1. The number of aliphatic hydroxyl groups is 1. The molecule has 0 spiro atoms. The first-order valence-electron chi connectivity index (χ1n) is 9.43. The standard InChI is InChI=1S/C21H26N4O2/c1-13-14(2)22-20-19(16-7-9-18(27-4)10-8-16)15(3)23-25(20)21(13)24-11-5-6-17(26)12-24/h7-10,17,26H,5-6,11-12H2,1-4H3/t17-/m1/s1. The highest BCUT2D eigenvalue weighted by atomic mass is 16.5. The van der Waals surface area contributed by atoms with Gasteiger partial charge in [0.15, 0.2) is 5.65 Å². The van der Waals surface area contributed by atoms with E-state index in [1.807, 2.05) is 42.6 Å². The van der Waals surface area contributed by atoms with Gasteiger partial charge >= 0.3 is 0 Å². The molecule has 1 aromatic carbocycles. The van der Waals surface area contributed by atoms with Crippen molar-refractivity contribution in [3.8, 4) is 16.9 Å². The first kappa shape index (κ1) is 17.8. The van der Waals surface area contributed by atoms with Crippen LogP contribution < -0.4 is 9.64 Å². The maximum Gasteiger partial charge on any atom is 0.165 e. The Morgan fingerprint density at radius 2 is 1.85 bits per heavy atom. The van der Waals surface area contributed by atoms with Gasteiger partial charge < -0.3 is 14.7 Å². The predicted octanol–water partition coefficient (Wildman–Crippen LogP) is 3.29. The number of rotatable bonds is 3. The second-order valence-electron chi connectivity index (χ2n) is 7.31. The summed E-state index contributed by atoms with van der Waals surface area (Å²) < 4.78 is 7.23. The summed E-state index contributed by atoms with van der Waals surface area (Å²) in [7, 11) is 1.67. The molecule has 3 aromatic rings. The van der Waals surface area contributed by atoms with Gasteiger partial charge in [0.05, 0.1) is 18.9 Å². The van der Waals surface area contributed by atoms with Gasteiger partial charge in [-0.05, 0) is 51.3 Å². The van der Waals surface area contributed by atoms with Crippen LogP contribution in [0.5, 0.6) is 5.75 Å². The highest BCUT2D eigenvalue weighted by Crippen LogP contribution is 2.33. The van der Waals surface area contributed by atoms with E-state index >= 15 is 0 Å². The third kappa shape index (κ3) is 3.04. The van der Waals surface area contributed by atoms with E-state index in [-0.39, 0.29) is 6.10 Å². The summed E-state index contributed by atoms with van der Waals surface area (Å²) in [5, 5.41) is 15.0.